The molecule has 0 fully saturated rings. The number of rotatable bonds is 6. The van der Waals surface area contributed by atoms with Crippen LogP contribution in [0.2, 0.25) is 0 Å². The number of ether oxygens (including phenoxy) is 1. The molecule has 0 spiro atoms. The average molecular weight is 250 g/mol. The Hall–Kier alpha value is -1.88. The largest absolute Gasteiger partial charge is 0.465 e. The summed E-state index contributed by atoms with van der Waals surface area (Å²) >= 11 is 0. The zero-order chi connectivity index (χ0) is 13.4. The molecule has 2 N–H and O–H groups in total. The quantitative estimate of drug-likeness (QED) is 0.589. The van der Waals surface area contributed by atoms with Gasteiger partial charge in [0.25, 0.3) is 5.91 Å². The third-order valence-electron chi connectivity index (χ3n) is 2.38. The van der Waals surface area contributed by atoms with Gasteiger partial charge in [-0.25, -0.2) is 5.43 Å². The van der Waals surface area contributed by atoms with Crippen LogP contribution in [-0.2, 0) is 9.53 Å². The summed E-state index contributed by atoms with van der Waals surface area (Å²) in [6.07, 6.45) is 0.536. The van der Waals surface area contributed by atoms with Crippen LogP contribution < -0.4 is 10.9 Å². The number of hydrogen-bond acceptors (Lipinski definition) is 4. The number of amides is 1. The Morgan fingerprint density at radius 1 is 1.22 bits per heavy atom. The lowest BCUT2D eigenvalue weighted by Gasteiger charge is -2.16. The standard InChI is InChI=1S/C13H18N2O3/c1-3-11(13(17)18-4-2)14-15-12(16)10-8-6-5-7-9-10/h5-9,11,14H,3-4H2,1-2H3,(H,15,16)/t11-/m0/s1. The molecule has 1 aromatic rings. The molecule has 1 rings (SSSR count). The number of nitrogens with one attached hydrogen (secondary N) is 2. The van der Waals surface area contributed by atoms with Crippen LogP contribution in [0.1, 0.15) is 30.6 Å². The van der Waals surface area contributed by atoms with E-state index in [4.69, 9.17) is 4.74 Å². The van der Waals surface area contributed by atoms with Gasteiger partial charge in [0.1, 0.15) is 6.04 Å². The van der Waals surface area contributed by atoms with Crippen LogP contribution in [0.25, 0.3) is 0 Å². The van der Waals surface area contributed by atoms with Gasteiger partial charge in [-0.15, -0.1) is 0 Å². The van der Waals surface area contributed by atoms with E-state index in [1.54, 1.807) is 31.2 Å². The van der Waals surface area contributed by atoms with Crippen molar-refractivity contribution in [3.05, 3.63) is 35.9 Å². The molecule has 18 heavy (non-hydrogen) atoms. The van der Waals surface area contributed by atoms with Gasteiger partial charge in [0.15, 0.2) is 0 Å². The number of hydrogen-bond donors (Lipinski definition) is 2. The van der Waals surface area contributed by atoms with E-state index >= 15 is 0 Å². The molecule has 1 atom stereocenters. The molecule has 0 heterocycles. The Morgan fingerprint density at radius 2 is 1.89 bits per heavy atom. The van der Waals surface area contributed by atoms with Crippen LogP contribution in [0.4, 0.5) is 0 Å². The predicted octanol–water partition coefficient (Wildman–Crippen LogP) is 1.26. The minimum absolute atomic E-state index is 0.279. The van der Waals surface area contributed by atoms with Crippen molar-refractivity contribution < 1.29 is 14.3 Å². The smallest absolute Gasteiger partial charge is 0.324 e. The molecule has 0 aliphatic rings. The van der Waals surface area contributed by atoms with Gasteiger partial charge in [-0.1, -0.05) is 25.1 Å². The summed E-state index contributed by atoms with van der Waals surface area (Å²) in [6, 6.07) is 8.25. The van der Waals surface area contributed by atoms with E-state index in [-0.39, 0.29) is 11.9 Å². The Balaban J connectivity index is 2.48. The van der Waals surface area contributed by atoms with Gasteiger partial charge in [0, 0.05) is 5.56 Å². The second-order valence-corrected chi connectivity index (χ2v) is 3.68. The maximum Gasteiger partial charge on any atom is 0.324 e. The van der Waals surface area contributed by atoms with Gasteiger partial charge in [0.2, 0.25) is 0 Å². The highest BCUT2D eigenvalue weighted by molar-refractivity contribution is 5.94. The van der Waals surface area contributed by atoms with E-state index in [0.717, 1.165) is 0 Å². The maximum atomic E-state index is 11.7. The Morgan fingerprint density at radius 3 is 2.44 bits per heavy atom. The molecule has 0 bridgehead atoms. The highest BCUT2D eigenvalue weighted by Gasteiger charge is 2.17. The number of hydrazine groups is 1. The fourth-order valence-electron chi connectivity index (χ4n) is 1.38. The first-order chi connectivity index (χ1) is 8.69. The molecule has 0 aliphatic heterocycles. The van der Waals surface area contributed by atoms with Crippen LogP contribution in [0.15, 0.2) is 30.3 Å². The van der Waals surface area contributed by atoms with Crippen molar-refractivity contribution in [2.24, 2.45) is 0 Å². The molecule has 0 aromatic heterocycles. The van der Waals surface area contributed by atoms with Crippen molar-refractivity contribution in [2.75, 3.05) is 6.61 Å². The summed E-state index contributed by atoms with van der Waals surface area (Å²) in [5.74, 6) is -0.647. The van der Waals surface area contributed by atoms with Crippen molar-refractivity contribution in [3.8, 4) is 0 Å². The Bertz CT molecular complexity index is 392. The normalized spacial score (nSPS) is 11.7. The van der Waals surface area contributed by atoms with E-state index in [9.17, 15) is 9.59 Å². The van der Waals surface area contributed by atoms with Crippen molar-refractivity contribution in [2.45, 2.75) is 26.3 Å². The first-order valence-electron chi connectivity index (χ1n) is 5.96. The van der Waals surface area contributed by atoms with Crippen LogP contribution >= 0.6 is 0 Å². The molecule has 0 saturated heterocycles. The topological polar surface area (TPSA) is 67.4 Å². The van der Waals surface area contributed by atoms with Gasteiger partial charge in [-0.2, -0.15) is 0 Å². The minimum Gasteiger partial charge on any atom is -0.465 e. The molecule has 0 aliphatic carbocycles. The van der Waals surface area contributed by atoms with E-state index in [0.29, 0.717) is 18.6 Å². The van der Waals surface area contributed by atoms with E-state index in [1.165, 1.54) is 0 Å². The van der Waals surface area contributed by atoms with Crippen LogP contribution in [0.5, 0.6) is 0 Å². The Kier molecular flexibility index (Phi) is 5.87. The number of carbonyl (C=O) groups excluding carboxylic acids is 2. The second kappa shape index (κ2) is 7.45. The fraction of sp³-hybridized carbons (Fsp3) is 0.385. The van der Waals surface area contributed by atoms with Gasteiger partial charge >= 0.3 is 5.97 Å². The molecule has 5 nitrogen and oxygen atoms in total. The Labute approximate surface area is 106 Å². The maximum absolute atomic E-state index is 11.7. The summed E-state index contributed by atoms with van der Waals surface area (Å²) in [4.78, 5) is 23.2. The summed E-state index contributed by atoms with van der Waals surface area (Å²) in [7, 11) is 0. The van der Waals surface area contributed by atoms with E-state index < -0.39 is 6.04 Å². The highest BCUT2D eigenvalue weighted by Crippen LogP contribution is 1.98. The van der Waals surface area contributed by atoms with Crippen molar-refractivity contribution in [1.82, 2.24) is 10.9 Å². The number of benzene rings is 1. The molecule has 1 aromatic carbocycles. The van der Waals surface area contributed by atoms with E-state index in [2.05, 4.69) is 10.9 Å². The summed E-state index contributed by atoms with van der Waals surface area (Å²) < 4.78 is 4.88. The SMILES string of the molecule is CCOC(=O)[C@H](CC)NNC(=O)c1ccccc1. The van der Waals surface area contributed by atoms with Crippen molar-refractivity contribution in [1.29, 1.82) is 0 Å². The molecular weight excluding hydrogens is 232 g/mol. The highest BCUT2D eigenvalue weighted by atomic mass is 16.5. The molecule has 98 valence electrons. The predicted molar refractivity (Wildman–Crippen MR) is 67.8 cm³/mol. The average Bonchev–Trinajstić information content (AvgIpc) is 2.40. The van der Waals surface area contributed by atoms with E-state index in [1.807, 2.05) is 13.0 Å². The molecule has 0 unspecified atom stereocenters. The third-order valence-corrected chi connectivity index (χ3v) is 2.38. The van der Waals surface area contributed by atoms with Gasteiger partial charge < -0.3 is 4.74 Å². The second-order valence-electron chi connectivity index (χ2n) is 3.68. The molecule has 1 amide bonds. The molecule has 0 saturated carbocycles. The zero-order valence-corrected chi connectivity index (χ0v) is 10.6. The van der Waals surface area contributed by atoms with Crippen molar-refractivity contribution in [3.63, 3.8) is 0 Å². The molecule has 0 radical (unpaired) electrons. The minimum atomic E-state index is -0.530. The monoisotopic (exact) mass is 250 g/mol. The molecular formula is C13H18N2O3. The van der Waals surface area contributed by atoms with Crippen LogP contribution in [-0.4, -0.2) is 24.5 Å². The number of carbonyl (C=O) groups is 2. The first kappa shape index (κ1) is 14.2. The zero-order valence-electron chi connectivity index (χ0n) is 10.6. The first-order valence-corrected chi connectivity index (χ1v) is 5.96. The number of esters is 1. The summed E-state index contributed by atoms with van der Waals surface area (Å²) in [5, 5.41) is 0. The third kappa shape index (κ3) is 4.18. The summed E-state index contributed by atoms with van der Waals surface area (Å²) in [6.45, 7) is 3.90. The lowest BCUT2D eigenvalue weighted by atomic mass is 10.2. The van der Waals surface area contributed by atoms with Crippen molar-refractivity contribution >= 4 is 11.9 Å². The van der Waals surface area contributed by atoms with Crippen LogP contribution in [0, 0.1) is 0 Å². The molecule has 5 heteroatoms. The van der Waals surface area contributed by atoms with Gasteiger partial charge in [-0.05, 0) is 25.5 Å². The lowest BCUT2D eigenvalue weighted by Crippen LogP contribution is -2.48. The van der Waals surface area contributed by atoms with Gasteiger partial charge in [0.05, 0.1) is 6.61 Å². The lowest BCUT2D eigenvalue weighted by molar-refractivity contribution is -0.145. The van der Waals surface area contributed by atoms with Gasteiger partial charge in [-0.3, -0.25) is 15.0 Å². The summed E-state index contributed by atoms with van der Waals surface area (Å²) in [5.41, 5.74) is 5.71. The van der Waals surface area contributed by atoms with Crippen LogP contribution in [0.3, 0.4) is 0 Å². The fourth-order valence-corrected chi connectivity index (χ4v) is 1.38.